The number of nitrogens with one attached hydrogen (secondary N) is 1. The Morgan fingerprint density at radius 1 is 1.44 bits per heavy atom. The number of piperidine rings is 1. The van der Waals surface area contributed by atoms with Crippen molar-refractivity contribution >= 4 is 0 Å². The van der Waals surface area contributed by atoms with E-state index >= 15 is 0 Å². The highest BCUT2D eigenvalue weighted by atomic mass is 16.3. The summed E-state index contributed by atoms with van der Waals surface area (Å²) in [6, 6.07) is 4.66. The first-order valence-electron chi connectivity index (χ1n) is 7.20. The first-order valence-corrected chi connectivity index (χ1v) is 7.20. The van der Waals surface area contributed by atoms with Gasteiger partial charge in [-0.25, -0.2) is 0 Å². The topological polar surface area (TPSA) is 28.4 Å². The molecular weight excluding hydrogens is 224 g/mol. The molecule has 3 nitrogen and oxygen atoms in total. The maximum atomic E-state index is 5.43. The van der Waals surface area contributed by atoms with Crippen LogP contribution in [0.4, 0.5) is 0 Å². The van der Waals surface area contributed by atoms with Crippen molar-refractivity contribution in [2.24, 2.45) is 5.92 Å². The summed E-state index contributed by atoms with van der Waals surface area (Å²) in [5.41, 5.74) is 0. The number of hydrogen-bond donors (Lipinski definition) is 1. The van der Waals surface area contributed by atoms with E-state index in [4.69, 9.17) is 4.42 Å². The molecule has 0 amide bonds. The van der Waals surface area contributed by atoms with Gasteiger partial charge in [0.15, 0.2) is 0 Å². The molecule has 0 spiro atoms. The van der Waals surface area contributed by atoms with Gasteiger partial charge in [0, 0.05) is 12.5 Å². The van der Waals surface area contributed by atoms with Crippen molar-refractivity contribution in [2.45, 2.75) is 38.6 Å². The van der Waals surface area contributed by atoms with Crippen LogP contribution in [0.1, 0.15) is 31.9 Å². The summed E-state index contributed by atoms with van der Waals surface area (Å²) < 4.78 is 5.43. The highest BCUT2D eigenvalue weighted by Crippen LogP contribution is 2.22. The number of hydrogen-bond acceptors (Lipinski definition) is 3. The molecule has 1 saturated heterocycles. The minimum atomic E-state index is 0.599. The van der Waals surface area contributed by atoms with Crippen LogP contribution in [0.3, 0.4) is 0 Å². The zero-order valence-corrected chi connectivity index (χ0v) is 11.7. The average molecular weight is 250 g/mol. The van der Waals surface area contributed by atoms with Crippen LogP contribution >= 0.6 is 0 Å². The monoisotopic (exact) mass is 250 g/mol. The molecule has 18 heavy (non-hydrogen) atoms. The molecule has 3 heteroatoms. The van der Waals surface area contributed by atoms with Crippen molar-refractivity contribution in [3.63, 3.8) is 0 Å². The predicted octanol–water partition coefficient (Wildman–Crippen LogP) is 2.53. The summed E-state index contributed by atoms with van der Waals surface area (Å²) in [6.07, 6.45) is 6.84. The van der Waals surface area contributed by atoms with Crippen LogP contribution in [0.5, 0.6) is 0 Å². The van der Waals surface area contributed by atoms with E-state index < -0.39 is 0 Å². The van der Waals surface area contributed by atoms with Gasteiger partial charge < -0.3 is 14.6 Å². The summed E-state index contributed by atoms with van der Waals surface area (Å²) in [4.78, 5) is 2.61. The Balaban J connectivity index is 1.72. The fraction of sp³-hybridized carbons (Fsp3) is 0.733. The second kappa shape index (κ2) is 6.95. The minimum absolute atomic E-state index is 0.599. The molecule has 0 aliphatic carbocycles. The van der Waals surface area contributed by atoms with Gasteiger partial charge in [0.1, 0.15) is 5.76 Å². The minimum Gasteiger partial charge on any atom is -0.469 e. The van der Waals surface area contributed by atoms with Crippen LogP contribution in [0.2, 0.25) is 0 Å². The van der Waals surface area contributed by atoms with E-state index in [0.29, 0.717) is 6.04 Å². The molecule has 1 atom stereocenters. The summed E-state index contributed by atoms with van der Waals surface area (Å²) in [6.45, 7) is 5.97. The molecule has 2 rings (SSSR count). The zero-order chi connectivity index (χ0) is 12.8. The smallest absolute Gasteiger partial charge is 0.105 e. The first kappa shape index (κ1) is 13.6. The van der Waals surface area contributed by atoms with Gasteiger partial charge in [-0.2, -0.15) is 0 Å². The van der Waals surface area contributed by atoms with Gasteiger partial charge in [0.25, 0.3) is 0 Å². The molecule has 1 fully saturated rings. The van der Waals surface area contributed by atoms with Gasteiger partial charge in [-0.15, -0.1) is 0 Å². The van der Waals surface area contributed by atoms with Crippen LogP contribution < -0.4 is 5.32 Å². The molecule has 2 heterocycles. The molecule has 1 aromatic heterocycles. The second-order valence-corrected chi connectivity index (χ2v) is 5.50. The fourth-order valence-corrected chi connectivity index (χ4v) is 2.88. The highest BCUT2D eigenvalue weighted by molar-refractivity contribution is 5.00. The Morgan fingerprint density at radius 2 is 2.22 bits per heavy atom. The molecule has 0 bridgehead atoms. The standard InChI is InChI=1S/C15H26N2O/c1-13(12-15-4-3-11-18-15)17-9-6-14(7-10-17)5-8-16-2/h3-4,11,13-14,16H,5-10,12H2,1-2H3. The molecule has 0 aromatic carbocycles. The van der Waals surface area contributed by atoms with E-state index in [1.165, 1.54) is 32.4 Å². The summed E-state index contributed by atoms with van der Waals surface area (Å²) >= 11 is 0. The van der Waals surface area contributed by atoms with E-state index in [-0.39, 0.29) is 0 Å². The Bertz CT molecular complexity index is 315. The summed E-state index contributed by atoms with van der Waals surface area (Å²) in [7, 11) is 2.04. The van der Waals surface area contributed by atoms with Crippen molar-refractivity contribution in [3.05, 3.63) is 24.2 Å². The number of nitrogens with zero attached hydrogens (tertiary/aromatic N) is 1. The van der Waals surface area contributed by atoms with Crippen molar-refractivity contribution in [1.29, 1.82) is 0 Å². The summed E-state index contributed by atoms with van der Waals surface area (Å²) in [5.74, 6) is 2.03. The van der Waals surface area contributed by atoms with Crippen LogP contribution in [0.25, 0.3) is 0 Å². The Labute approximate surface area is 111 Å². The number of furan rings is 1. The Morgan fingerprint density at radius 3 is 2.83 bits per heavy atom. The van der Waals surface area contributed by atoms with Gasteiger partial charge in [0.2, 0.25) is 0 Å². The fourth-order valence-electron chi connectivity index (χ4n) is 2.88. The number of rotatable bonds is 6. The van der Waals surface area contributed by atoms with Gasteiger partial charge in [-0.05, 0) is 70.9 Å². The van der Waals surface area contributed by atoms with E-state index in [2.05, 4.69) is 23.2 Å². The first-order chi connectivity index (χ1) is 8.79. The molecule has 0 radical (unpaired) electrons. The zero-order valence-electron chi connectivity index (χ0n) is 11.7. The molecule has 1 aliphatic heterocycles. The lowest BCUT2D eigenvalue weighted by molar-refractivity contribution is 0.133. The molecule has 1 unspecified atom stereocenters. The SMILES string of the molecule is CNCCC1CCN(C(C)Cc2ccco2)CC1. The van der Waals surface area contributed by atoms with Crippen LogP contribution in [-0.2, 0) is 6.42 Å². The lowest BCUT2D eigenvalue weighted by Gasteiger charge is -2.35. The molecule has 1 N–H and O–H groups in total. The molecular formula is C15H26N2O. The van der Waals surface area contributed by atoms with Crippen molar-refractivity contribution in [3.8, 4) is 0 Å². The van der Waals surface area contributed by atoms with Crippen molar-refractivity contribution in [1.82, 2.24) is 10.2 Å². The van der Waals surface area contributed by atoms with E-state index in [0.717, 1.165) is 24.6 Å². The van der Waals surface area contributed by atoms with Gasteiger partial charge in [0.05, 0.1) is 6.26 Å². The lowest BCUT2D eigenvalue weighted by Crippen LogP contribution is -2.41. The Hall–Kier alpha value is -0.800. The second-order valence-electron chi connectivity index (χ2n) is 5.50. The van der Waals surface area contributed by atoms with Crippen LogP contribution in [-0.4, -0.2) is 37.6 Å². The molecule has 1 aliphatic rings. The highest BCUT2D eigenvalue weighted by Gasteiger charge is 2.22. The quantitative estimate of drug-likeness (QED) is 0.841. The van der Waals surface area contributed by atoms with Crippen LogP contribution in [0.15, 0.2) is 22.8 Å². The summed E-state index contributed by atoms with van der Waals surface area (Å²) in [5, 5.41) is 3.25. The molecule has 0 saturated carbocycles. The molecule has 102 valence electrons. The third-order valence-corrected chi connectivity index (χ3v) is 4.15. The Kier molecular flexibility index (Phi) is 5.26. The predicted molar refractivity (Wildman–Crippen MR) is 74.7 cm³/mol. The van der Waals surface area contributed by atoms with Gasteiger partial charge in [-0.3, -0.25) is 0 Å². The van der Waals surface area contributed by atoms with Gasteiger partial charge in [-0.1, -0.05) is 0 Å². The van der Waals surface area contributed by atoms with E-state index in [1.54, 1.807) is 6.26 Å². The normalized spacial score (nSPS) is 20.1. The van der Waals surface area contributed by atoms with Crippen molar-refractivity contribution < 1.29 is 4.42 Å². The van der Waals surface area contributed by atoms with Gasteiger partial charge >= 0.3 is 0 Å². The lowest BCUT2D eigenvalue weighted by atomic mass is 9.92. The largest absolute Gasteiger partial charge is 0.469 e. The molecule has 1 aromatic rings. The maximum Gasteiger partial charge on any atom is 0.105 e. The average Bonchev–Trinajstić information content (AvgIpc) is 2.89. The van der Waals surface area contributed by atoms with Crippen molar-refractivity contribution in [2.75, 3.05) is 26.7 Å². The van der Waals surface area contributed by atoms with E-state index in [1.807, 2.05) is 13.1 Å². The van der Waals surface area contributed by atoms with E-state index in [9.17, 15) is 0 Å². The number of likely N-dealkylation sites (tertiary alicyclic amines) is 1. The maximum absolute atomic E-state index is 5.43. The third-order valence-electron chi connectivity index (χ3n) is 4.15. The third kappa shape index (κ3) is 3.85. The van der Waals surface area contributed by atoms with Crippen LogP contribution in [0, 0.1) is 5.92 Å².